The summed E-state index contributed by atoms with van der Waals surface area (Å²) in [5, 5.41) is 28.5. The fourth-order valence-corrected chi connectivity index (χ4v) is 5.08. The minimum absolute atomic E-state index is 0.00693. The number of unbranched alkanes of at least 4 members (excludes halogenated alkanes) is 2. The number of carboxylic acid groups (broad SMARTS) is 2. The van der Waals surface area contributed by atoms with E-state index in [-0.39, 0.29) is 17.2 Å². The van der Waals surface area contributed by atoms with Crippen LogP contribution in [0.5, 0.6) is 5.75 Å². The van der Waals surface area contributed by atoms with Gasteiger partial charge in [-0.25, -0.2) is 4.79 Å². The molecule has 0 heterocycles. The van der Waals surface area contributed by atoms with Crippen molar-refractivity contribution in [2.24, 2.45) is 0 Å². The summed E-state index contributed by atoms with van der Waals surface area (Å²) in [5.41, 5.74) is 2.49. The molecule has 0 saturated carbocycles. The Morgan fingerprint density at radius 1 is 0.846 bits per heavy atom. The van der Waals surface area contributed by atoms with Crippen LogP contribution >= 0.6 is 11.8 Å². The van der Waals surface area contributed by atoms with E-state index in [9.17, 15) is 14.7 Å². The molecule has 7 heteroatoms. The van der Waals surface area contributed by atoms with Crippen LogP contribution in [0.1, 0.15) is 60.0 Å². The number of aromatic carboxylic acids is 1. The number of para-hydroxylation sites is 1. The van der Waals surface area contributed by atoms with E-state index in [0.717, 1.165) is 48.5 Å². The highest BCUT2D eigenvalue weighted by atomic mass is 32.2. The van der Waals surface area contributed by atoms with Crippen molar-refractivity contribution < 1.29 is 29.6 Å². The number of hydrogen-bond donors (Lipinski definition) is 3. The molecule has 0 amide bonds. The molecule has 6 nitrogen and oxygen atoms in total. The topological polar surface area (TPSA) is 104 Å². The second-order valence-electron chi connectivity index (χ2n) is 9.34. The standard InChI is InChI=1S/C32H36O6S/c33-29(11-7-12-31(34)35)30(39-28-20-18-26(19-21-28)32(36)37)22-17-25-15-13-24(14-16-25)8-3-2-6-23-38-27-9-4-1-5-10-27/h1,4-5,9-10,13-22,29-30,33H,2-3,6-8,11-12,23H2,(H,34,35)(H,36,37)/b22-17+. The number of rotatable bonds is 17. The first-order valence-electron chi connectivity index (χ1n) is 13.3. The lowest BCUT2D eigenvalue weighted by molar-refractivity contribution is -0.137. The zero-order valence-electron chi connectivity index (χ0n) is 21.9. The Hall–Kier alpha value is -3.55. The van der Waals surface area contributed by atoms with Gasteiger partial charge in [0.25, 0.3) is 0 Å². The van der Waals surface area contributed by atoms with Gasteiger partial charge >= 0.3 is 11.9 Å². The van der Waals surface area contributed by atoms with Gasteiger partial charge in [-0.15, -0.1) is 11.8 Å². The Morgan fingerprint density at radius 3 is 2.23 bits per heavy atom. The van der Waals surface area contributed by atoms with Crippen molar-refractivity contribution >= 4 is 29.8 Å². The summed E-state index contributed by atoms with van der Waals surface area (Å²) in [6.07, 6.45) is 8.11. The first kappa shape index (κ1) is 30.0. The monoisotopic (exact) mass is 548 g/mol. The van der Waals surface area contributed by atoms with Gasteiger partial charge in [0.1, 0.15) is 5.75 Å². The Balaban J connectivity index is 1.51. The maximum absolute atomic E-state index is 11.1. The maximum Gasteiger partial charge on any atom is 0.335 e. The molecule has 2 unspecified atom stereocenters. The van der Waals surface area contributed by atoms with Gasteiger partial charge in [-0.05, 0) is 86.1 Å². The van der Waals surface area contributed by atoms with E-state index in [1.54, 1.807) is 12.1 Å². The largest absolute Gasteiger partial charge is 0.494 e. The van der Waals surface area contributed by atoms with Crippen molar-refractivity contribution in [3.8, 4) is 5.75 Å². The predicted octanol–water partition coefficient (Wildman–Crippen LogP) is 6.97. The molecule has 39 heavy (non-hydrogen) atoms. The second kappa shape index (κ2) is 16.4. The predicted molar refractivity (Wildman–Crippen MR) is 156 cm³/mol. The molecule has 0 saturated heterocycles. The zero-order valence-corrected chi connectivity index (χ0v) is 22.8. The van der Waals surface area contributed by atoms with Gasteiger partial charge in [-0.2, -0.15) is 0 Å². The van der Waals surface area contributed by atoms with Gasteiger partial charge in [-0.1, -0.05) is 54.6 Å². The number of benzene rings is 3. The SMILES string of the molecule is O=C(O)CCCC(O)C(/C=C/c1ccc(CCCCCOc2ccccc2)cc1)Sc1ccc(C(=O)O)cc1. The molecule has 3 rings (SSSR count). The van der Waals surface area contributed by atoms with Crippen molar-refractivity contribution in [1.29, 1.82) is 0 Å². The van der Waals surface area contributed by atoms with Gasteiger partial charge in [0, 0.05) is 11.3 Å². The molecule has 0 aliphatic rings. The highest BCUT2D eigenvalue weighted by Crippen LogP contribution is 2.29. The summed E-state index contributed by atoms with van der Waals surface area (Å²) in [6, 6.07) is 24.7. The van der Waals surface area contributed by atoms with Crippen LogP contribution < -0.4 is 4.74 Å². The lowest BCUT2D eigenvalue weighted by Gasteiger charge is -2.19. The highest BCUT2D eigenvalue weighted by molar-refractivity contribution is 8.00. The summed E-state index contributed by atoms with van der Waals surface area (Å²) in [6.45, 7) is 0.721. The smallest absolute Gasteiger partial charge is 0.335 e. The summed E-state index contributed by atoms with van der Waals surface area (Å²) < 4.78 is 5.74. The summed E-state index contributed by atoms with van der Waals surface area (Å²) in [7, 11) is 0. The van der Waals surface area contributed by atoms with E-state index in [0.29, 0.717) is 12.8 Å². The lowest BCUT2D eigenvalue weighted by atomic mass is 10.0. The van der Waals surface area contributed by atoms with Crippen LogP contribution in [0.2, 0.25) is 0 Å². The van der Waals surface area contributed by atoms with Gasteiger partial charge in [0.2, 0.25) is 0 Å². The van der Waals surface area contributed by atoms with Gasteiger partial charge < -0.3 is 20.1 Å². The average Bonchev–Trinajstić information content (AvgIpc) is 2.94. The van der Waals surface area contributed by atoms with Crippen molar-refractivity contribution in [1.82, 2.24) is 0 Å². The number of hydrogen-bond acceptors (Lipinski definition) is 5. The third kappa shape index (κ3) is 11.4. The Labute approximate surface area is 234 Å². The van der Waals surface area contributed by atoms with Crippen molar-refractivity contribution in [2.45, 2.75) is 61.2 Å². The molecular weight excluding hydrogens is 512 g/mol. The van der Waals surface area contributed by atoms with Crippen LogP contribution in [0.3, 0.4) is 0 Å². The van der Waals surface area contributed by atoms with E-state index in [1.165, 1.54) is 29.5 Å². The number of aliphatic hydroxyl groups is 1. The van der Waals surface area contributed by atoms with Crippen LogP contribution in [0.4, 0.5) is 0 Å². The summed E-state index contributed by atoms with van der Waals surface area (Å²) in [4.78, 5) is 22.8. The highest BCUT2D eigenvalue weighted by Gasteiger charge is 2.18. The Kier molecular flexibility index (Phi) is 12.6. The molecule has 0 spiro atoms. The number of ether oxygens (including phenoxy) is 1. The maximum atomic E-state index is 11.1. The van der Waals surface area contributed by atoms with Crippen LogP contribution in [0.25, 0.3) is 6.08 Å². The van der Waals surface area contributed by atoms with Crippen LogP contribution in [-0.4, -0.2) is 45.2 Å². The van der Waals surface area contributed by atoms with Crippen molar-refractivity contribution in [3.63, 3.8) is 0 Å². The number of aryl methyl sites for hydroxylation is 1. The van der Waals surface area contributed by atoms with Crippen molar-refractivity contribution in [3.05, 3.63) is 102 Å². The van der Waals surface area contributed by atoms with E-state index in [1.807, 2.05) is 42.5 Å². The number of carbonyl (C=O) groups is 2. The van der Waals surface area contributed by atoms with Gasteiger partial charge in [0.15, 0.2) is 0 Å². The third-order valence-electron chi connectivity index (χ3n) is 6.22. The number of thioether (sulfide) groups is 1. The summed E-state index contributed by atoms with van der Waals surface area (Å²) >= 11 is 1.43. The van der Waals surface area contributed by atoms with Gasteiger partial charge in [-0.3, -0.25) is 4.79 Å². The minimum atomic E-state index is -0.989. The number of carboxylic acids is 2. The fourth-order valence-electron chi connectivity index (χ4n) is 4.02. The average molecular weight is 549 g/mol. The molecule has 0 aliphatic heterocycles. The fraction of sp³-hybridized carbons (Fsp3) is 0.312. The third-order valence-corrected chi connectivity index (χ3v) is 7.51. The van der Waals surface area contributed by atoms with Crippen molar-refractivity contribution in [2.75, 3.05) is 6.61 Å². The number of aliphatic carboxylic acids is 1. The van der Waals surface area contributed by atoms with E-state index < -0.39 is 18.0 Å². The second-order valence-corrected chi connectivity index (χ2v) is 10.6. The molecule has 3 N–H and O–H groups in total. The first-order valence-corrected chi connectivity index (χ1v) is 14.1. The molecule has 2 atom stereocenters. The molecule has 0 bridgehead atoms. The minimum Gasteiger partial charge on any atom is -0.494 e. The van der Waals surface area contributed by atoms with E-state index in [2.05, 4.69) is 24.3 Å². The quantitative estimate of drug-likeness (QED) is 0.124. The molecule has 206 valence electrons. The molecule has 3 aromatic rings. The molecule has 3 aromatic carbocycles. The Bertz CT molecular complexity index is 1180. The molecular formula is C32H36O6S. The summed E-state index contributed by atoms with van der Waals surface area (Å²) in [5.74, 6) is -0.963. The number of aliphatic hydroxyl groups excluding tert-OH is 1. The lowest BCUT2D eigenvalue weighted by Crippen LogP contribution is -2.21. The first-order chi connectivity index (χ1) is 18.9. The molecule has 0 fully saturated rings. The Morgan fingerprint density at radius 2 is 1.56 bits per heavy atom. The molecule has 0 aliphatic carbocycles. The van der Waals surface area contributed by atoms with Crippen LogP contribution in [0.15, 0.2) is 89.8 Å². The molecule has 0 aromatic heterocycles. The van der Waals surface area contributed by atoms with Gasteiger partial charge in [0.05, 0.1) is 23.5 Å². The van der Waals surface area contributed by atoms with Crippen LogP contribution in [-0.2, 0) is 11.2 Å². The zero-order chi connectivity index (χ0) is 27.9. The van der Waals surface area contributed by atoms with E-state index >= 15 is 0 Å². The molecule has 0 radical (unpaired) electrons. The van der Waals surface area contributed by atoms with Crippen LogP contribution in [0, 0.1) is 0 Å². The van der Waals surface area contributed by atoms with E-state index in [4.69, 9.17) is 14.9 Å². The normalized spacial score (nSPS) is 12.7.